The van der Waals surface area contributed by atoms with Crippen molar-refractivity contribution in [2.75, 3.05) is 0 Å². The zero-order valence-corrected chi connectivity index (χ0v) is 9.51. The molecule has 0 bridgehead atoms. The van der Waals surface area contributed by atoms with Gasteiger partial charge in [-0.25, -0.2) is 0 Å². The highest BCUT2D eigenvalue weighted by Gasteiger charge is 2.08. The number of nitrogens with one attached hydrogen (secondary N) is 1. The summed E-state index contributed by atoms with van der Waals surface area (Å²) in [5, 5.41) is 12.8. The molecule has 18 heavy (non-hydrogen) atoms. The predicted molar refractivity (Wildman–Crippen MR) is 72.8 cm³/mol. The number of phenols is 1. The van der Waals surface area contributed by atoms with Crippen LogP contribution in [0.25, 0.3) is 32.7 Å². The Morgan fingerprint density at radius 2 is 1.89 bits per heavy atom. The maximum Gasteiger partial charge on any atom is 0.116 e. The first kappa shape index (κ1) is 9.48. The molecule has 0 saturated carbocycles. The van der Waals surface area contributed by atoms with Crippen molar-refractivity contribution in [1.29, 1.82) is 0 Å². The van der Waals surface area contributed by atoms with Gasteiger partial charge in [0, 0.05) is 27.9 Å². The van der Waals surface area contributed by atoms with E-state index in [2.05, 4.69) is 16.0 Å². The Bertz CT molecular complexity index is 893. The number of benzene rings is 2. The summed E-state index contributed by atoms with van der Waals surface area (Å²) in [7, 11) is 0. The van der Waals surface area contributed by atoms with Crippen LogP contribution in [0.1, 0.15) is 0 Å². The number of fused-ring (bicyclic) bond motifs is 5. The average molecular weight is 234 g/mol. The number of nitrogens with zero attached hydrogens (tertiary/aromatic N) is 1. The highest BCUT2D eigenvalue weighted by atomic mass is 16.3. The lowest BCUT2D eigenvalue weighted by Crippen LogP contribution is -1.78. The molecule has 0 unspecified atom stereocenters. The van der Waals surface area contributed by atoms with Crippen molar-refractivity contribution in [2.24, 2.45) is 0 Å². The molecule has 0 spiro atoms. The highest BCUT2D eigenvalue weighted by Crippen LogP contribution is 2.31. The molecule has 0 radical (unpaired) electrons. The van der Waals surface area contributed by atoms with Gasteiger partial charge in [-0.3, -0.25) is 4.98 Å². The number of aromatic nitrogens is 2. The maximum atomic E-state index is 9.60. The molecule has 2 aromatic carbocycles. The van der Waals surface area contributed by atoms with Crippen LogP contribution in [0.5, 0.6) is 5.75 Å². The molecule has 0 saturated heterocycles. The van der Waals surface area contributed by atoms with Crippen molar-refractivity contribution in [3.8, 4) is 5.75 Å². The van der Waals surface area contributed by atoms with Gasteiger partial charge in [-0.1, -0.05) is 6.07 Å². The second kappa shape index (κ2) is 3.23. The van der Waals surface area contributed by atoms with Crippen LogP contribution in [0.4, 0.5) is 0 Å². The van der Waals surface area contributed by atoms with E-state index < -0.39 is 0 Å². The monoisotopic (exact) mass is 234 g/mol. The van der Waals surface area contributed by atoms with E-state index in [0.29, 0.717) is 0 Å². The molecule has 0 fully saturated rings. The van der Waals surface area contributed by atoms with Crippen molar-refractivity contribution < 1.29 is 5.11 Å². The number of hydrogen-bond donors (Lipinski definition) is 2. The number of rotatable bonds is 0. The van der Waals surface area contributed by atoms with Crippen LogP contribution in [0.2, 0.25) is 0 Å². The molecule has 0 aliphatic rings. The first-order valence-corrected chi connectivity index (χ1v) is 5.81. The van der Waals surface area contributed by atoms with Gasteiger partial charge < -0.3 is 10.1 Å². The molecule has 0 aliphatic heterocycles. The van der Waals surface area contributed by atoms with Gasteiger partial charge in [-0.2, -0.15) is 0 Å². The molecule has 0 aliphatic carbocycles. The van der Waals surface area contributed by atoms with Crippen molar-refractivity contribution in [3.63, 3.8) is 0 Å². The number of H-pyrrole nitrogens is 1. The molecule has 0 atom stereocenters. The summed E-state index contributed by atoms with van der Waals surface area (Å²) < 4.78 is 0. The summed E-state index contributed by atoms with van der Waals surface area (Å²) in [6.45, 7) is 0. The Morgan fingerprint density at radius 1 is 0.944 bits per heavy atom. The topological polar surface area (TPSA) is 48.9 Å². The van der Waals surface area contributed by atoms with Crippen LogP contribution in [-0.2, 0) is 0 Å². The van der Waals surface area contributed by atoms with E-state index in [1.54, 1.807) is 18.3 Å². The van der Waals surface area contributed by atoms with E-state index in [1.807, 2.05) is 24.3 Å². The largest absolute Gasteiger partial charge is 0.508 e. The van der Waals surface area contributed by atoms with Crippen molar-refractivity contribution in [1.82, 2.24) is 9.97 Å². The average Bonchev–Trinajstić information content (AvgIpc) is 2.77. The van der Waals surface area contributed by atoms with Gasteiger partial charge in [-0.05, 0) is 36.4 Å². The van der Waals surface area contributed by atoms with Gasteiger partial charge >= 0.3 is 0 Å². The van der Waals surface area contributed by atoms with Gasteiger partial charge in [-0.15, -0.1) is 0 Å². The van der Waals surface area contributed by atoms with Gasteiger partial charge in [0.15, 0.2) is 0 Å². The van der Waals surface area contributed by atoms with Crippen molar-refractivity contribution >= 4 is 32.7 Å². The quantitative estimate of drug-likeness (QED) is 0.488. The third-order valence-corrected chi connectivity index (χ3v) is 3.34. The number of aromatic amines is 1. The maximum absolute atomic E-state index is 9.60. The lowest BCUT2D eigenvalue weighted by atomic mass is 10.1. The summed E-state index contributed by atoms with van der Waals surface area (Å²) in [6.07, 6.45) is 1.79. The van der Waals surface area contributed by atoms with Gasteiger partial charge in [0.2, 0.25) is 0 Å². The first-order valence-electron chi connectivity index (χ1n) is 5.81. The summed E-state index contributed by atoms with van der Waals surface area (Å²) in [5.74, 6) is 0.287. The molecule has 3 heteroatoms. The van der Waals surface area contributed by atoms with E-state index in [4.69, 9.17) is 0 Å². The zero-order chi connectivity index (χ0) is 12.1. The number of aromatic hydroxyl groups is 1. The van der Waals surface area contributed by atoms with Crippen LogP contribution in [-0.4, -0.2) is 15.1 Å². The minimum atomic E-state index is 0.287. The number of pyridine rings is 1. The smallest absolute Gasteiger partial charge is 0.116 e. The van der Waals surface area contributed by atoms with Gasteiger partial charge in [0.1, 0.15) is 5.75 Å². The van der Waals surface area contributed by atoms with Crippen molar-refractivity contribution in [2.45, 2.75) is 0 Å². The molecule has 2 heterocycles. The standard InChI is InChI=1S/C15H10N2O/c18-9-3-5-14-12(8-9)10-4-6-13-11(15(10)17-14)2-1-7-16-13/h1-8,17-18H. The molecule has 2 N–H and O–H groups in total. The van der Waals surface area contributed by atoms with Crippen LogP contribution < -0.4 is 0 Å². The van der Waals surface area contributed by atoms with Crippen LogP contribution >= 0.6 is 0 Å². The normalized spacial score (nSPS) is 11.6. The summed E-state index contributed by atoms with van der Waals surface area (Å²) in [6, 6.07) is 13.4. The Hall–Kier alpha value is -2.55. The molecule has 4 aromatic rings. The van der Waals surface area contributed by atoms with E-state index in [0.717, 1.165) is 32.7 Å². The third-order valence-electron chi connectivity index (χ3n) is 3.34. The second-order valence-corrected chi connectivity index (χ2v) is 4.41. The van der Waals surface area contributed by atoms with Crippen molar-refractivity contribution in [3.05, 3.63) is 48.7 Å². The summed E-state index contributed by atoms with van der Waals surface area (Å²) in [5.41, 5.74) is 3.07. The molecule has 3 nitrogen and oxygen atoms in total. The van der Waals surface area contributed by atoms with E-state index in [-0.39, 0.29) is 5.75 Å². The van der Waals surface area contributed by atoms with E-state index >= 15 is 0 Å². The molecule has 0 amide bonds. The lowest BCUT2D eigenvalue weighted by molar-refractivity contribution is 0.476. The Kier molecular flexibility index (Phi) is 1.70. The Morgan fingerprint density at radius 3 is 2.83 bits per heavy atom. The highest BCUT2D eigenvalue weighted by molar-refractivity contribution is 6.16. The summed E-state index contributed by atoms with van der Waals surface area (Å²) in [4.78, 5) is 7.75. The molecule has 4 rings (SSSR count). The molecule has 2 aromatic heterocycles. The first-order chi connectivity index (χ1) is 8.83. The van der Waals surface area contributed by atoms with E-state index in [9.17, 15) is 5.11 Å². The Balaban J connectivity index is 2.30. The SMILES string of the molecule is Oc1ccc2[nH]c3c4cccnc4ccc3c2c1. The van der Waals surface area contributed by atoms with Crippen LogP contribution in [0, 0.1) is 0 Å². The minimum Gasteiger partial charge on any atom is -0.508 e. The van der Waals surface area contributed by atoms with Gasteiger partial charge in [0.05, 0.1) is 11.0 Å². The Labute approximate surface area is 103 Å². The van der Waals surface area contributed by atoms with E-state index in [1.165, 1.54) is 0 Å². The van der Waals surface area contributed by atoms with Crippen LogP contribution in [0.15, 0.2) is 48.7 Å². The molecule has 86 valence electrons. The predicted octanol–water partition coefficient (Wildman–Crippen LogP) is 3.57. The summed E-state index contributed by atoms with van der Waals surface area (Å²) >= 11 is 0. The zero-order valence-electron chi connectivity index (χ0n) is 9.51. The fourth-order valence-corrected chi connectivity index (χ4v) is 2.51. The van der Waals surface area contributed by atoms with Gasteiger partial charge in [0.25, 0.3) is 0 Å². The fraction of sp³-hybridized carbons (Fsp3) is 0. The van der Waals surface area contributed by atoms with Crippen LogP contribution in [0.3, 0.4) is 0 Å². The molecular formula is C15H10N2O. The number of phenolic OH excluding ortho intramolecular Hbond substituents is 1. The minimum absolute atomic E-state index is 0.287. The fourth-order valence-electron chi connectivity index (χ4n) is 2.51. The third kappa shape index (κ3) is 1.16. The lowest BCUT2D eigenvalue weighted by Gasteiger charge is -1.97. The molecular weight excluding hydrogens is 224 g/mol. The second-order valence-electron chi connectivity index (χ2n) is 4.41. The number of hydrogen-bond acceptors (Lipinski definition) is 2.